The summed E-state index contributed by atoms with van der Waals surface area (Å²) in [5, 5.41) is 16.1. The fraction of sp³-hybridized carbons (Fsp3) is 0.353. The van der Waals surface area contributed by atoms with Gasteiger partial charge in [-0.2, -0.15) is 5.10 Å². The first kappa shape index (κ1) is 18.0. The van der Waals surface area contributed by atoms with E-state index in [1.54, 1.807) is 0 Å². The van der Waals surface area contributed by atoms with Crippen LogP contribution >= 0.6 is 11.6 Å². The second kappa shape index (κ2) is 8.49. The van der Waals surface area contributed by atoms with E-state index in [9.17, 15) is 14.7 Å². The molecule has 0 aliphatic rings. The van der Waals surface area contributed by atoms with Gasteiger partial charge in [0.15, 0.2) is 0 Å². The van der Waals surface area contributed by atoms with Crippen LogP contribution in [0.1, 0.15) is 31.7 Å². The van der Waals surface area contributed by atoms with Gasteiger partial charge in [-0.1, -0.05) is 61.7 Å². The van der Waals surface area contributed by atoms with E-state index in [0.29, 0.717) is 13.0 Å². The van der Waals surface area contributed by atoms with Crippen LogP contribution in [0, 0.1) is 0 Å². The number of halogens is 1. The first-order valence-electron chi connectivity index (χ1n) is 7.81. The van der Waals surface area contributed by atoms with Crippen LogP contribution in [0.2, 0.25) is 5.02 Å². The van der Waals surface area contributed by atoms with E-state index in [0.717, 1.165) is 18.4 Å². The Kier molecular flexibility index (Phi) is 6.37. The number of carboxylic acid groups (broad SMARTS) is 1. The number of hydrogen-bond donors (Lipinski definition) is 2. The van der Waals surface area contributed by atoms with E-state index < -0.39 is 17.6 Å². The highest BCUT2D eigenvalue weighted by atomic mass is 35.5. The van der Waals surface area contributed by atoms with Gasteiger partial charge >= 0.3 is 5.97 Å². The standard InChI is InChI=1S/C17H20ClN3O3/c1-2-3-9-13(17(23)24)20-14-10-19-21(16(22)15(14)18)11-12-7-5-4-6-8-12/h4-8,10,13,20H,2-3,9,11H2,1H3,(H,23,24)/t13-/m0/s1. The van der Waals surface area contributed by atoms with E-state index in [4.69, 9.17) is 11.6 Å². The van der Waals surface area contributed by atoms with E-state index in [1.807, 2.05) is 37.3 Å². The molecule has 0 aliphatic carbocycles. The molecule has 7 heteroatoms. The second-order valence-electron chi connectivity index (χ2n) is 5.50. The minimum atomic E-state index is -0.979. The predicted molar refractivity (Wildman–Crippen MR) is 93.6 cm³/mol. The smallest absolute Gasteiger partial charge is 0.326 e. The van der Waals surface area contributed by atoms with Crippen molar-refractivity contribution in [3.8, 4) is 0 Å². The summed E-state index contributed by atoms with van der Waals surface area (Å²) in [7, 11) is 0. The summed E-state index contributed by atoms with van der Waals surface area (Å²) in [6, 6.07) is 8.63. The average molecular weight is 350 g/mol. The Balaban J connectivity index is 2.20. The maximum atomic E-state index is 12.3. The SMILES string of the molecule is CCCC[C@H](Nc1cnn(Cc2ccccc2)c(=O)c1Cl)C(=O)O. The van der Waals surface area contributed by atoms with Crippen molar-refractivity contribution in [1.82, 2.24) is 9.78 Å². The lowest BCUT2D eigenvalue weighted by atomic mass is 10.1. The van der Waals surface area contributed by atoms with E-state index in [2.05, 4.69) is 10.4 Å². The summed E-state index contributed by atoms with van der Waals surface area (Å²) in [5.41, 5.74) is 0.717. The topological polar surface area (TPSA) is 84.2 Å². The van der Waals surface area contributed by atoms with Gasteiger partial charge in [0.25, 0.3) is 5.56 Å². The third-order valence-corrected chi connectivity index (χ3v) is 4.00. The lowest BCUT2D eigenvalue weighted by Gasteiger charge is -2.16. The van der Waals surface area contributed by atoms with Gasteiger partial charge in [0.2, 0.25) is 0 Å². The van der Waals surface area contributed by atoms with Crippen molar-refractivity contribution in [3.05, 3.63) is 57.5 Å². The number of anilines is 1. The van der Waals surface area contributed by atoms with Crippen molar-refractivity contribution >= 4 is 23.3 Å². The molecule has 0 fully saturated rings. The largest absolute Gasteiger partial charge is 0.480 e. The molecule has 0 spiro atoms. The molecule has 1 atom stereocenters. The first-order chi connectivity index (χ1) is 11.5. The van der Waals surface area contributed by atoms with Crippen molar-refractivity contribution in [2.75, 3.05) is 5.32 Å². The highest BCUT2D eigenvalue weighted by Crippen LogP contribution is 2.18. The highest BCUT2D eigenvalue weighted by molar-refractivity contribution is 6.33. The molecular weight excluding hydrogens is 330 g/mol. The molecule has 2 N–H and O–H groups in total. The number of aliphatic carboxylic acids is 1. The van der Waals surface area contributed by atoms with Crippen LogP contribution in [0.25, 0.3) is 0 Å². The summed E-state index contributed by atoms with van der Waals surface area (Å²) in [6.45, 7) is 2.29. The molecule has 24 heavy (non-hydrogen) atoms. The van der Waals surface area contributed by atoms with Gasteiger partial charge in [0, 0.05) is 0 Å². The maximum absolute atomic E-state index is 12.3. The van der Waals surface area contributed by atoms with Crippen LogP contribution in [0.4, 0.5) is 5.69 Å². The summed E-state index contributed by atoms with van der Waals surface area (Å²) in [5.74, 6) is -0.979. The van der Waals surface area contributed by atoms with Gasteiger partial charge < -0.3 is 10.4 Å². The zero-order valence-electron chi connectivity index (χ0n) is 13.4. The zero-order valence-corrected chi connectivity index (χ0v) is 14.2. The normalized spacial score (nSPS) is 11.9. The van der Waals surface area contributed by atoms with Crippen LogP contribution in [0.3, 0.4) is 0 Å². The summed E-state index contributed by atoms with van der Waals surface area (Å²) in [4.78, 5) is 23.6. The number of carbonyl (C=O) groups is 1. The van der Waals surface area contributed by atoms with Crippen molar-refractivity contribution in [3.63, 3.8) is 0 Å². The average Bonchev–Trinajstić information content (AvgIpc) is 2.58. The molecule has 0 radical (unpaired) electrons. The minimum absolute atomic E-state index is 0.0521. The van der Waals surface area contributed by atoms with Crippen LogP contribution < -0.4 is 10.9 Å². The van der Waals surface area contributed by atoms with Crippen molar-refractivity contribution in [1.29, 1.82) is 0 Å². The number of carboxylic acids is 1. The molecule has 0 unspecified atom stereocenters. The Bertz CT molecular complexity index is 746. The molecule has 0 saturated heterocycles. The number of nitrogens with one attached hydrogen (secondary N) is 1. The van der Waals surface area contributed by atoms with Gasteiger partial charge in [-0.25, -0.2) is 9.48 Å². The minimum Gasteiger partial charge on any atom is -0.480 e. The number of rotatable bonds is 8. The number of aromatic nitrogens is 2. The van der Waals surface area contributed by atoms with Crippen LogP contribution in [0.15, 0.2) is 41.3 Å². The Morgan fingerprint density at radius 2 is 2.08 bits per heavy atom. The molecule has 0 bridgehead atoms. The second-order valence-corrected chi connectivity index (χ2v) is 5.88. The van der Waals surface area contributed by atoms with Gasteiger partial charge in [0.1, 0.15) is 11.1 Å². The number of unbranched alkanes of at least 4 members (excludes halogenated alkanes) is 1. The Morgan fingerprint density at radius 3 is 2.71 bits per heavy atom. The van der Waals surface area contributed by atoms with Gasteiger partial charge in [-0.15, -0.1) is 0 Å². The van der Waals surface area contributed by atoms with Crippen molar-refractivity contribution < 1.29 is 9.90 Å². The van der Waals surface area contributed by atoms with E-state index >= 15 is 0 Å². The van der Waals surface area contributed by atoms with Crippen LogP contribution in [-0.4, -0.2) is 26.9 Å². The Labute approximate surface area is 145 Å². The lowest BCUT2D eigenvalue weighted by Crippen LogP contribution is -2.31. The Hall–Kier alpha value is -2.34. The first-order valence-corrected chi connectivity index (χ1v) is 8.19. The number of hydrogen-bond acceptors (Lipinski definition) is 4. The van der Waals surface area contributed by atoms with Gasteiger partial charge in [-0.05, 0) is 12.0 Å². The summed E-state index contributed by atoms with van der Waals surface area (Å²) >= 11 is 6.12. The van der Waals surface area contributed by atoms with Gasteiger partial charge in [-0.3, -0.25) is 4.79 Å². The Morgan fingerprint density at radius 1 is 1.38 bits per heavy atom. The number of benzene rings is 1. The monoisotopic (exact) mass is 349 g/mol. The molecule has 0 saturated carbocycles. The summed E-state index contributed by atoms with van der Waals surface area (Å²) < 4.78 is 1.25. The fourth-order valence-electron chi connectivity index (χ4n) is 2.29. The molecule has 1 aromatic carbocycles. The third kappa shape index (κ3) is 4.58. The van der Waals surface area contributed by atoms with Crippen molar-refractivity contribution in [2.24, 2.45) is 0 Å². The maximum Gasteiger partial charge on any atom is 0.326 e. The molecule has 2 rings (SSSR count). The molecule has 6 nitrogen and oxygen atoms in total. The fourth-order valence-corrected chi connectivity index (χ4v) is 2.49. The predicted octanol–water partition coefficient (Wildman–Crippen LogP) is 3.00. The van der Waals surface area contributed by atoms with E-state index in [-0.39, 0.29) is 10.7 Å². The third-order valence-electron chi connectivity index (χ3n) is 3.63. The molecule has 1 heterocycles. The molecule has 0 aliphatic heterocycles. The lowest BCUT2D eigenvalue weighted by molar-refractivity contribution is -0.138. The zero-order chi connectivity index (χ0) is 17.5. The number of nitrogens with zero attached hydrogens (tertiary/aromatic N) is 2. The molecule has 2 aromatic rings. The van der Waals surface area contributed by atoms with Gasteiger partial charge in [0.05, 0.1) is 18.4 Å². The van der Waals surface area contributed by atoms with Crippen LogP contribution in [-0.2, 0) is 11.3 Å². The molecular formula is C17H20ClN3O3. The van der Waals surface area contributed by atoms with Crippen molar-refractivity contribution in [2.45, 2.75) is 38.8 Å². The molecule has 0 amide bonds. The molecule has 128 valence electrons. The quantitative estimate of drug-likeness (QED) is 0.765. The summed E-state index contributed by atoms with van der Waals surface area (Å²) in [6.07, 6.45) is 3.50. The molecule has 1 aromatic heterocycles. The highest BCUT2D eigenvalue weighted by Gasteiger charge is 2.19. The van der Waals surface area contributed by atoms with Crippen LogP contribution in [0.5, 0.6) is 0 Å². The van der Waals surface area contributed by atoms with E-state index in [1.165, 1.54) is 10.9 Å².